The summed E-state index contributed by atoms with van der Waals surface area (Å²) in [5.74, 6) is 0.577. The second-order valence-electron chi connectivity index (χ2n) is 4.48. The number of nitrogens with zero attached hydrogens (tertiary/aromatic N) is 1. The zero-order chi connectivity index (χ0) is 13.9. The van der Waals surface area contributed by atoms with Gasteiger partial charge in [0.1, 0.15) is 11.4 Å². The molecule has 100 valence electrons. The number of aliphatic hydroxyl groups excluding tert-OH is 1. The van der Waals surface area contributed by atoms with Crippen LogP contribution >= 0.6 is 11.6 Å². The third-order valence-corrected chi connectivity index (χ3v) is 2.94. The molecule has 0 amide bonds. The third-order valence-electron chi connectivity index (χ3n) is 2.71. The second kappa shape index (κ2) is 5.57. The second-order valence-corrected chi connectivity index (χ2v) is 4.91. The molecule has 0 aliphatic heterocycles. The zero-order valence-corrected chi connectivity index (χ0v) is 11.2. The Hall–Kier alpha value is -1.62. The molecule has 4 nitrogen and oxygen atoms in total. The predicted molar refractivity (Wildman–Crippen MR) is 75.6 cm³/mol. The molecule has 19 heavy (non-hydrogen) atoms. The summed E-state index contributed by atoms with van der Waals surface area (Å²) in [7, 11) is 0. The Morgan fingerprint density at radius 1 is 1.26 bits per heavy atom. The number of halogens is 1. The molecule has 1 unspecified atom stereocenters. The van der Waals surface area contributed by atoms with Gasteiger partial charge in [-0.2, -0.15) is 0 Å². The molecule has 0 bridgehead atoms. The van der Waals surface area contributed by atoms with E-state index in [4.69, 9.17) is 16.7 Å². The van der Waals surface area contributed by atoms with Crippen molar-refractivity contribution < 1.29 is 10.2 Å². The average Bonchev–Trinajstić information content (AvgIpc) is 2.39. The molecule has 1 aromatic heterocycles. The minimum atomic E-state index is -1.36. The van der Waals surface area contributed by atoms with Crippen LogP contribution in [-0.2, 0) is 5.60 Å². The van der Waals surface area contributed by atoms with Crippen molar-refractivity contribution in [2.75, 3.05) is 11.9 Å². The predicted octanol–water partition coefficient (Wildman–Crippen LogP) is 2.68. The molecule has 0 spiro atoms. The first-order chi connectivity index (χ1) is 9.01. The number of hydrogen-bond acceptors (Lipinski definition) is 4. The minimum Gasteiger partial charge on any atom is -0.393 e. The zero-order valence-electron chi connectivity index (χ0n) is 10.5. The largest absolute Gasteiger partial charge is 0.393 e. The molecule has 2 rings (SSSR count). The lowest BCUT2D eigenvalue weighted by Gasteiger charge is -2.20. The van der Waals surface area contributed by atoms with E-state index in [0.717, 1.165) is 5.69 Å². The summed E-state index contributed by atoms with van der Waals surface area (Å²) in [4.78, 5) is 4.28. The molecule has 0 aliphatic rings. The van der Waals surface area contributed by atoms with Crippen molar-refractivity contribution in [2.24, 2.45) is 0 Å². The Morgan fingerprint density at radius 2 is 2.00 bits per heavy atom. The van der Waals surface area contributed by atoms with E-state index in [1.54, 1.807) is 30.3 Å². The van der Waals surface area contributed by atoms with E-state index in [-0.39, 0.29) is 6.61 Å². The van der Waals surface area contributed by atoms with Crippen LogP contribution in [0.2, 0.25) is 5.02 Å². The number of aromatic nitrogens is 1. The van der Waals surface area contributed by atoms with Gasteiger partial charge in [-0.25, -0.2) is 4.98 Å². The van der Waals surface area contributed by atoms with Crippen molar-refractivity contribution in [2.45, 2.75) is 12.5 Å². The summed E-state index contributed by atoms with van der Waals surface area (Å²) in [5, 5.41) is 22.8. The maximum Gasteiger partial charge on any atom is 0.130 e. The maximum atomic E-state index is 9.97. The van der Waals surface area contributed by atoms with Gasteiger partial charge >= 0.3 is 0 Å². The van der Waals surface area contributed by atoms with Crippen LogP contribution in [0.5, 0.6) is 0 Å². The molecule has 0 aliphatic carbocycles. The van der Waals surface area contributed by atoms with Crippen LogP contribution in [0.15, 0.2) is 42.5 Å². The fourth-order valence-electron chi connectivity index (χ4n) is 1.60. The van der Waals surface area contributed by atoms with Gasteiger partial charge in [0.25, 0.3) is 0 Å². The number of benzene rings is 1. The number of nitrogens with one attached hydrogen (secondary N) is 1. The van der Waals surface area contributed by atoms with Crippen LogP contribution in [0.4, 0.5) is 11.5 Å². The van der Waals surface area contributed by atoms with Gasteiger partial charge in [0.2, 0.25) is 0 Å². The quantitative estimate of drug-likeness (QED) is 0.804. The smallest absolute Gasteiger partial charge is 0.130 e. The number of rotatable bonds is 4. The van der Waals surface area contributed by atoms with Crippen LogP contribution in [0, 0.1) is 0 Å². The molecule has 5 heteroatoms. The normalized spacial score (nSPS) is 13.9. The van der Waals surface area contributed by atoms with Gasteiger partial charge in [0.15, 0.2) is 0 Å². The van der Waals surface area contributed by atoms with Crippen LogP contribution in [0.1, 0.15) is 12.6 Å². The summed E-state index contributed by atoms with van der Waals surface area (Å²) in [6, 6.07) is 12.5. The Bertz CT molecular complexity index is 573. The Balaban J connectivity index is 2.25. The highest BCUT2D eigenvalue weighted by atomic mass is 35.5. The highest BCUT2D eigenvalue weighted by Gasteiger charge is 2.23. The summed E-state index contributed by atoms with van der Waals surface area (Å²) in [5.41, 5.74) is -0.144. The SMILES string of the molecule is CC(O)(CO)c1cccc(Nc2cccc(Cl)c2)n1. The highest BCUT2D eigenvalue weighted by Crippen LogP contribution is 2.22. The van der Waals surface area contributed by atoms with E-state index in [0.29, 0.717) is 16.5 Å². The molecule has 0 saturated carbocycles. The van der Waals surface area contributed by atoms with E-state index in [1.165, 1.54) is 6.92 Å². The molecule has 1 heterocycles. The number of anilines is 2. The average molecular weight is 279 g/mol. The Morgan fingerprint density at radius 3 is 2.68 bits per heavy atom. The Kier molecular flexibility index (Phi) is 4.04. The first-order valence-electron chi connectivity index (χ1n) is 5.84. The highest BCUT2D eigenvalue weighted by molar-refractivity contribution is 6.30. The van der Waals surface area contributed by atoms with E-state index in [9.17, 15) is 5.11 Å². The Labute approximate surface area is 116 Å². The van der Waals surface area contributed by atoms with Gasteiger partial charge in [-0.15, -0.1) is 0 Å². The first-order valence-corrected chi connectivity index (χ1v) is 6.22. The molecule has 1 aromatic carbocycles. The summed E-state index contributed by atoms with van der Waals surface area (Å²) >= 11 is 5.90. The molecular weight excluding hydrogens is 264 g/mol. The molecule has 0 radical (unpaired) electrons. The van der Waals surface area contributed by atoms with Gasteiger partial charge in [0, 0.05) is 10.7 Å². The van der Waals surface area contributed by atoms with Gasteiger partial charge in [-0.1, -0.05) is 23.7 Å². The molecule has 1 atom stereocenters. The summed E-state index contributed by atoms with van der Waals surface area (Å²) < 4.78 is 0. The van der Waals surface area contributed by atoms with E-state index >= 15 is 0 Å². The molecule has 2 aromatic rings. The number of hydrogen-bond donors (Lipinski definition) is 3. The molecule has 3 N–H and O–H groups in total. The van der Waals surface area contributed by atoms with E-state index in [2.05, 4.69) is 10.3 Å². The van der Waals surface area contributed by atoms with Crippen molar-refractivity contribution in [1.82, 2.24) is 4.98 Å². The van der Waals surface area contributed by atoms with Crippen LogP contribution in [0.3, 0.4) is 0 Å². The third kappa shape index (κ3) is 3.44. The molecule has 0 fully saturated rings. The van der Waals surface area contributed by atoms with Crippen molar-refractivity contribution in [3.63, 3.8) is 0 Å². The van der Waals surface area contributed by atoms with Crippen molar-refractivity contribution in [3.05, 3.63) is 53.2 Å². The monoisotopic (exact) mass is 278 g/mol. The van der Waals surface area contributed by atoms with Crippen LogP contribution in [-0.4, -0.2) is 21.8 Å². The van der Waals surface area contributed by atoms with E-state index in [1.807, 2.05) is 12.1 Å². The van der Waals surface area contributed by atoms with Gasteiger partial charge in [-0.3, -0.25) is 0 Å². The molecule has 0 saturated heterocycles. The van der Waals surface area contributed by atoms with Crippen molar-refractivity contribution in [3.8, 4) is 0 Å². The lowest BCUT2D eigenvalue weighted by atomic mass is 10.0. The van der Waals surface area contributed by atoms with E-state index < -0.39 is 5.60 Å². The standard InChI is InChI=1S/C14H15ClN2O2/c1-14(19,9-18)12-6-3-7-13(17-12)16-11-5-2-4-10(15)8-11/h2-8,18-19H,9H2,1H3,(H,16,17). The van der Waals surface area contributed by atoms with Gasteiger partial charge in [-0.05, 0) is 37.3 Å². The fraction of sp³-hybridized carbons (Fsp3) is 0.214. The number of aliphatic hydroxyl groups is 2. The van der Waals surface area contributed by atoms with Gasteiger partial charge < -0.3 is 15.5 Å². The van der Waals surface area contributed by atoms with Gasteiger partial charge in [0.05, 0.1) is 12.3 Å². The van der Waals surface area contributed by atoms with Crippen LogP contribution in [0.25, 0.3) is 0 Å². The first kappa shape index (κ1) is 13.8. The lowest BCUT2D eigenvalue weighted by Crippen LogP contribution is -2.27. The minimum absolute atomic E-state index is 0.388. The van der Waals surface area contributed by atoms with Crippen molar-refractivity contribution >= 4 is 23.1 Å². The lowest BCUT2D eigenvalue weighted by molar-refractivity contribution is -0.00573. The fourth-order valence-corrected chi connectivity index (χ4v) is 1.79. The summed E-state index contributed by atoms with van der Waals surface area (Å²) in [6.07, 6.45) is 0. The van der Waals surface area contributed by atoms with Crippen LogP contribution < -0.4 is 5.32 Å². The molecular formula is C14H15ClN2O2. The number of pyridine rings is 1. The van der Waals surface area contributed by atoms with Crippen molar-refractivity contribution in [1.29, 1.82) is 0 Å². The topological polar surface area (TPSA) is 65.4 Å². The summed E-state index contributed by atoms with van der Waals surface area (Å²) in [6.45, 7) is 1.12. The maximum absolute atomic E-state index is 9.97.